The number of rotatable bonds is 14. The molecule has 2 aromatic heterocycles. The number of hydrogen-bond acceptors (Lipinski definition) is 8. The normalized spacial score (nSPS) is 13.2. The Morgan fingerprint density at radius 3 is 0.742 bits per heavy atom. The SMILES string of the molecule is CC(C)(C)OC(=O)N1CCC(F)(c2ccc(C#N)cn2)CC1.CC(C)(C)OC(=O)N1CCC(O)(c2ccc(Br)cn2)CC1.[Pd].c1ccc(P(c2ccccc2)c2ccccc2)cc1.c1ccc(P(c2ccccc2)c2ccccc2)cc1.c1ccc(P(c2ccccc2)c2ccccc2)cc1.c1ccc(P(c2ccccc2)c2ccccc2)cc1. The van der Waals surface area contributed by atoms with E-state index < -0.39 is 60.3 Å². The Labute approximate surface area is 735 Å². The van der Waals surface area contributed by atoms with Crippen molar-refractivity contribution in [1.29, 1.82) is 5.26 Å². The van der Waals surface area contributed by atoms with Crippen LogP contribution in [0.15, 0.2) is 405 Å². The molecule has 16 rings (SSSR count). The zero-order valence-electron chi connectivity index (χ0n) is 68.4. The van der Waals surface area contributed by atoms with E-state index in [1.165, 1.54) is 74.8 Å². The number of halogens is 2. The molecule has 10 nitrogen and oxygen atoms in total. The molecule has 17 heteroatoms. The van der Waals surface area contributed by atoms with E-state index in [0.29, 0.717) is 42.9 Å². The van der Waals surface area contributed by atoms with Crippen molar-refractivity contribution >= 4 is 123 Å². The number of benzene rings is 12. The Bertz CT molecular complexity index is 4480. The molecule has 1 N–H and O–H groups in total. The molecule has 2 amide bonds. The van der Waals surface area contributed by atoms with Gasteiger partial charge in [-0.2, -0.15) is 5.26 Å². The van der Waals surface area contributed by atoms with Gasteiger partial charge in [0, 0.05) is 76.3 Å². The number of piperidine rings is 2. The molecule has 0 saturated carbocycles. The van der Waals surface area contributed by atoms with Crippen LogP contribution in [-0.2, 0) is 41.2 Å². The number of carbonyl (C=O) groups excluding carboxylic acids is 2. The second-order valence-electron chi connectivity index (χ2n) is 30.2. The van der Waals surface area contributed by atoms with E-state index in [0.717, 1.165) is 4.47 Å². The molecule has 0 radical (unpaired) electrons. The van der Waals surface area contributed by atoms with Crippen LogP contribution in [-0.4, -0.2) is 74.4 Å². The average Bonchev–Trinajstić information content (AvgIpc) is 0.811. The number of likely N-dealkylation sites (tertiary alicyclic amines) is 2. The third-order valence-corrected chi connectivity index (χ3v) is 29.4. The Balaban J connectivity index is 0.000000151. The molecule has 0 bridgehead atoms. The van der Waals surface area contributed by atoms with E-state index in [4.69, 9.17) is 14.7 Å². The van der Waals surface area contributed by atoms with Gasteiger partial charge in [0.2, 0.25) is 0 Å². The van der Waals surface area contributed by atoms with Crippen LogP contribution < -0.4 is 63.7 Å². The summed E-state index contributed by atoms with van der Waals surface area (Å²) >= 11 is 3.33. The third-order valence-electron chi connectivity index (χ3n) is 19.2. The van der Waals surface area contributed by atoms with Gasteiger partial charge in [0.1, 0.15) is 22.9 Å². The van der Waals surface area contributed by atoms with Gasteiger partial charge in [-0.1, -0.05) is 364 Å². The van der Waals surface area contributed by atoms with Crippen molar-refractivity contribution < 1.29 is 49.0 Å². The molecule has 2 aliphatic heterocycles. The number of nitriles is 1. The number of aromatic nitrogens is 2. The smallest absolute Gasteiger partial charge is 0.410 e. The maximum Gasteiger partial charge on any atom is 0.410 e. The van der Waals surface area contributed by atoms with Crippen LogP contribution >= 0.6 is 47.6 Å². The maximum atomic E-state index is 15.0. The molecule has 0 aliphatic carbocycles. The van der Waals surface area contributed by atoms with Crippen molar-refractivity contribution in [3.05, 3.63) is 422 Å². The van der Waals surface area contributed by atoms with Crippen molar-refractivity contribution in [2.24, 2.45) is 0 Å². The number of hydrogen-bond donors (Lipinski definition) is 1. The molecule has 12 aromatic carbocycles. The molecule has 612 valence electrons. The van der Waals surface area contributed by atoms with E-state index in [9.17, 15) is 19.1 Å². The minimum absolute atomic E-state index is 0. The summed E-state index contributed by atoms with van der Waals surface area (Å²) in [6, 6.07) is 138. The topological polar surface area (TPSA) is 129 Å². The van der Waals surface area contributed by atoms with Gasteiger partial charge < -0.3 is 24.4 Å². The van der Waals surface area contributed by atoms with E-state index in [1.807, 2.05) is 39.0 Å². The molecule has 2 fully saturated rings. The summed E-state index contributed by atoms with van der Waals surface area (Å²) < 4.78 is 26.5. The van der Waals surface area contributed by atoms with Gasteiger partial charge in [0.05, 0.1) is 17.0 Å². The fourth-order valence-corrected chi connectivity index (χ4v) is 22.8. The summed E-state index contributed by atoms with van der Waals surface area (Å²) in [6.45, 7) is 12.4. The van der Waals surface area contributed by atoms with Gasteiger partial charge in [-0.15, -0.1) is 0 Å². The van der Waals surface area contributed by atoms with Crippen LogP contribution in [0.4, 0.5) is 14.0 Å². The molecular weight excluding hydrogens is 1720 g/mol. The number of ether oxygens (including phenoxy) is 2. The van der Waals surface area contributed by atoms with Crippen molar-refractivity contribution in [2.45, 2.75) is 89.7 Å². The van der Waals surface area contributed by atoms with Gasteiger partial charge in [0.25, 0.3) is 0 Å². The molecule has 2 saturated heterocycles. The third kappa shape index (κ3) is 27.9. The summed E-state index contributed by atoms with van der Waals surface area (Å²) in [6.07, 6.45) is 3.57. The molecule has 0 atom stereocenters. The van der Waals surface area contributed by atoms with Crippen LogP contribution in [0.5, 0.6) is 0 Å². The summed E-state index contributed by atoms with van der Waals surface area (Å²) in [4.78, 5) is 35.5. The predicted molar refractivity (Wildman–Crippen MR) is 502 cm³/mol. The van der Waals surface area contributed by atoms with Crippen molar-refractivity contribution in [3.63, 3.8) is 0 Å². The minimum Gasteiger partial charge on any atom is -0.444 e. The van der Waals surface area contributed by atoms with Crippen LogP contribution in [0.3, 0.4) is 0 Å². The number of aliphatic hydroxyl groups is 1. The maximum absolute atomic E-state index is 15.0. The second-order valence-corrected chi connectivity index (χ2v) is 40.0. The Kier molecular flexibility index (Phi) is 35.7. The largest absolute Gasteiger partial charge is 0.444 e. The van der Waals surface area contributed by atoms with E-state index >= 15 is 0 Å². The Morgan fingerprint density at radius 2 is 0.558 bits per heavy atom. The first-order valence-electron chi connectivity index (χ1n) is 39.9. The summed E-state index contributed by atoms with van der Waals surface area (Å²) in [7, 11) is -1.78. The Morgan fingerprint density at radius 1 is 0.350 bits per heavy atom. The Hall–Kier alpha value is -10.3. The standard InChI is InChI=1S/4C18H15P.C16H20FN3O2.C15H21BrN2O3.Pd/c4*1-4-10-16(11-5-1)19(17-12-6-2-7-13-17)18-14-8-3-9-15-18;1-15(2,3)22-14(21)20-8-6-16(17,7-9-20)13-5-4-12(10-18)11-19-13;1-14(2,3)21-13(19)18-8-6-15(20,7-9-18)12-5-4-11(16)10-17-12;/h4*1-15H;4-5,11H,6-9H2,1-3H3;4-5,10,20H,6-9H2,1-3H3;. The molecule has 0 unspecified atom stereocenters. The molecular formula is C103H101BrFN5O5P4Pd. The number of nitrogens with zero attached hydrogens (tertiary/aromatic N) is 5. The zero-order chi connectivity index (χ0) is 83.7. The number of pyridine rings is 2. The first-order valence-corrected chi connectivity index (χ1v) is 46.1. The minimum atomic E-state index is -1.56. The van der Waals surface area contributed by atoms with Crippen LogP contribution in [0.25, 0.3) is 0 Å². The fourth-order valence-electron chi connectivity index (χ4n) is 13.4. The molecule has 2 aliphatic rings. The number of amides is 2. The molecule has 4 heterocycles. The molecule has 14 aromatic rings. The molecule has 120 heavy (non-hydrogen) atoms. The van der Waals surface area contributed by atoms with Gasteiger partial charge in [-0.3, -0.25) is 9.97 Å². The first kappa shape index (κ1) is 92.0. The van der Waals surface area contributed by atoms with Crippen molar-refractivity contribution in [2.75, 3.05) is 26.2 Å². The van der Waals surface area contributed by atoms with Gasteiger partial charge in [-0.05, 0) is 190 Å². The monoisotopic (exact) mass is 1820 g/mol. The van der Waals surface area contributed by atoms with Crippen molar-refractivity contribution in [1.82, 2.24) is 19.8 Å². The van der Waals surface area contributed by atoms with Crippen molar-refractivity contribution in [3.8, 4) is 6.07 Å². The quantitative estimate of drug-likeness (QED) is 0.0842. The van der Waals surface area contributed by atoms with E-state index in [-0.39, 0.29) is 52.4 Å². The van der Waals surface area contributed by atoms with Crippen LogP contribution in [0.2, 0.25) is 0 Å². The van der Waals surface area contributed by atoms with Gasteiger partial charge in [0.15, 0.2) is 5.67 Å². The van der Waals surface area contributed by atoms with Gasteiger partial charge in [-0.25, -0.2) is 14.0 Å². The van der Waals surface area contributed by atoms with Gasteiger partial charge >= 0.3 is 12.2 Å². The van der Waals surface area contributed by atoms with Crippen LogP contribution in [0.1, 0.15) is 84.2 Å². The van der Waals surface area contributed by atoms with Crippen LogP contribution in [0, 0.1) is 11.3 Å². The average molecular weight is 1820 g/mol. The first-order chi connectivity index (χ1) is 57.7. The summed E-state index contributed by atoms with van der Waals surface area (Å²) in [5.74, 6) is 0. The molecule has 0 spiro atoms. The predicted octanol–water partition coefficient (Wildman–Crippen LogP) is 20.0. The summed E-state index contributed by atoms with van der Waals surface area (Å²) in [5, 5.41) is 36.2. The van der Waals surface area contributed by atoms with E-state index in [1.54, 1.807) is 44.0 Å². The second kappa shape index (κ2) is 46.5. The number of carbonyl (C=O) groups is 2. The fraction of sp³-hybridized carbons (Fsp3) is 0.175. The zero-order valence-corrected chi connectivity index (χ0v) is 75.2. The van der Waals surface area contributed by atoms with E-state index in [2.05, 4.69) is 390 Å². The number of alkyl halides is 1. The summed E-state index contributed by atoms with van der Waals surface area (Å²) in [5.41, 5.74) is -2.23.